The molecule has 2 aromatic heterocycles. The topological polar surface area (TPSA) is 57.0 Å². The number of carbonyl (C=O) groups excluding carboxylic acids is 1. The number of carbonyl (C=O) groups is 1. The zero-order valence-corrected chi connectivity index (χ0v) is 21.1. The van der Waals surface area contributed by atoms with Crippen molar-refractivity contribution in [2.75, 3.05) is 6.61 Å². The van der Waals surface area contributed by atoms with Gasteiger partial charge in [-0.15, -0.1) is 0 Å². The molecular formula is C29H41N3O2. The summed E-state index contributed by atoms with van der Waals surface area (Å²) in [7, 11) is 0. The number of benzene rings is 1. The van der Waals surface area contributed by atoms with Gasteiger partial charge in [-0.1, -0.05) is 84.1 Å². The molecule has 5 nitrogen and oxygen atoms in total. The molecule has 3 aromatic rings. The third-order valence-electron chi connectivity index (χ3n) is 6.34. The Morgan fingerprint density at radius 2 is 1.53 bits per heavy atom. The van der Waals surface area contributed by atoms with Gasteiger partial charge in [0.2, 0.25) is 0 Å². The van der Waals surface area contributed by atoms with Gasteiger partial charge in [-0.05, 0) is 37.1 Å². The van der Waals surface area contributed by atoms with E-state index < -0.39 is 0 Å². The molecule has 184 valence electrons. The van der Waals surface area contributed by atoms with Crippen LogP contribution >= 0.6 is 0 Å². The van der Waals surface area contributed by atoms with Crippen LogP contribution in [-0.4, -0.2) is 27.4 Å². The molecule has 0 atom stereocenters. The lowest BCUT2D eigenvalue weighted by Crippen LogP contribution is -2.03. The van der Waals surface area contributed by atoms with Gasteiger partial charge in [-0.3, -0.25) is 4.79 Å². The molecule has 5 heteroatoms. The number of imidazole rings is 1. The van der Waals surface area contributed by atoms with Gasteiger partial charge < -0.3 is 9.30 Å². The second-order valence-electron chi connectivity index (χ2n) is 9.19. The highest BCUT2D eigenvalue weighted by atomic mass is 16.5. The number of aryl methyl sites for hydroxylation is 1. The number of ether oxygens (including phenoxy) is 1. The van der Waals surface area contributed by atoms with E-state index in [1.807, 2.05) is 24.3 Å². The van der Waals surface area contributed by atoms with E-state index in [0.717, 1.165) is 60.6 Å². The lowest BCUT2D eigenvalue weighted by Gasteiger charge is -2.11. The van der Waals surface area contributed by atoms with Crippen LogP contribution in [0.25, 0.3) is 22.6 Å². The predicted octanol–water partition coefficient (Wildman–Crippen LogP) is 8.01. The molecule has 3 rings (SSSR count). The van der Waals surface area contributed by atoms with Crippen molar-refractivity contribution < 1.29 is 9.53 Å². The van der Waals surface area contributed by atoms with Crippen molar-refractivity contribution in [1.82, 2.24) is 14.5 Å². The fourth-order valence-electron chi connectivity index (χ4n) is 4.38. The van der Waals surface area contributed by atoms with Crippen LogP contribution in [0.2, 0.25) is 0 Å². The van der Waals surface area contributed by atoms with Gasteiger partial charge in [0.05, 0.1) is 17.6 Å². The summed E-state index contributed by atoms with van der Waals surface area (Å²) in [6, 6.07) is 11.7. The molecule has 2 heterocycles. The highest BCUT2D eigenvalue weighted by molar-refractivity contribution is 5.82. The molecule has 0 aliphatic rings. The Labute approximate surface area is 205 Å². The quantitative estimate of drug-likeness (QED) is 0.150. The van der Waals surface area contributed by atoms with Crippen LogP contribution in [0.4, 0.5) is 0 Å². The molecule has 0 saturated heterocycles. The van der Waals surface area contributed by atoms with Gasteiger partial charge in [0.1, 0.15) is 17.1 Å². The molecular weight excluding hydrogens is 422 g/mol. The standard InChI is InChI=1S/C29H41N3O2/c1-3-5-7-9-11-13-20-32-28-22-25(34-21-14-12-10-8-6-4-2)18-19-26(28)31-29(32)27-17-15-16-24(23-33)30-27/h15-19,22-23H,3-14,20-21H2,1-2H3. The van der Waals surface area contributed by atoms with Crippen molar-refractivity contribution in [3.05, 3.63) is 42.1 Å². The molecule has 1 aromatic carbocycles. The smallest absolute Gasteiger partial charge is 0.168 e. The first kappa shape index (κ1) is 25.9. The van der Waals surface area contributed by atoms with E-state index in [9.17, 15) is 4.79 Å². The number of hydrogen-bond donors (Lipinski definition) is 0. The van der Waals surface area contributed by atoms with Gasteiger partial charge in [0.25, 0.3) is 0 Å². The maximum Gasteiger partial charge on any atom is 0.168 e. The third-order valence-corrected chi connectivity index (χ3v) is 6.34. The van der Waals surface area contributed by atoms with Crippen molar-refractivity contribution in [2.24, 2.45) is 0 Å². The number of fused-ring (bicyclic) bond motifs is 1. The number of unbranched alkanes of at least 4 members (excludes halogenated alkanes) is 10. The van der Waals surface area contributed by atoms with Crippen LogP contribution < -0.4 is 4.74 Å². The van der Waals surface area contributed by atoms with Crippen molar-refractivity contribution in [1.29, 1.82) is 0 Å². The molecule has 0 fully saturated rings. The van der Waals surface area contributed by atoms with E-state index in [-0.39, 0.29) is 0 Å². The maximum absolute atomic E-state index is 11.3. The summed E-state index contributed by atoms with van der Waals surface area (Å²) < 4.78 is 8.35. The van der Waals surface area contributed by atoms with Crippen LogP contribution in [0, 0.1) is 0 Å². The normalized spacial score (nSPS) is 11.2. The number of hydrogen-bond acceptors (Lipinski definition) is 4. The molecule has 0 radical (unpaired) electrons. The lowest BCUT2D eigenvalue weighted by molar-refractivity contribution is 0.111. The number of rotatable bonds is 17. The minimum Gasteiger partial charge on any atom is -0.494 e. The van der Waals surface area contributed by atoms with Gasteiger partial charge in [-0.2, -0.15) is 0 Å². The minimum absolute atomic E-state index is 0.429. The van der Waals surface area contributed by atoms with Gasteiger partial charge in [-0.25, -0.2) is 9.97 Å². The monoisotopic (exact) mass is 463 g/mol. The van der Waals surface area contributed by atoms with E-state index in [0.29, 0.717) is 5.69 Å². The van der Waals surface area contributed by atoms with Crippen LogP contribution in [0.1, 0.15) is 101 Å². The number of aromatic nitrogens is 3. The number of nitrogens with zero attached hydrogens (tertiary/aromatic N) is 3. The summed E-state index contributed by atoms with van der Waals surface area (Å²) in [6.07, 6.45) is 15.7. The van der Waals surface area contributed by atoms with Gasteiger partial charge >= 0.3 is 0 Å². The fraction of sp³-hybridized carbons (Fsp3) is 0.552. The minimum atomic E-state index is 0.429. The Hall–Kier alpha value is -2.69. The maximum atomic E-state index is 11.3. The summed E-state index contributed by atoms with van der Waals surface area (Å²) in [5.41, 5.74) is 3.17. The highest BCUT2D eigenvalue weighted by Gasteiger charge is 2.15. The second-order valence-corrected chi connectivity index (χ2v) is 9.19. The van der Waals surface area contributed by atoms with Crippen LogP contribution in [0.15, 0.2) is 36.4 Å². The first-order valence-corrected chi connectivity index (χ1v) is 13.3. The molecule has 34 heavy (non-hydrogen) atoms. The molecule has 0 bridgehead atoms. The molecule has 0 amide bonds. The number of aldehydes is 1. The van der Waals surface area contributed by atoms with E-state index in [4.69, 9.17) is 9.72 Å². The van der Waals surface area contributed by atoms with Crippen molar-refractivity contribution in [3.8, 4) is 17.3 Å². The zero-order chi connectivity index (χ0) is 24.0. The van der Waals surface area contributed by atoms with E-state index in [2.05, 4.69) is 29.5 Å². The first-order chi connectivity index (χ1) is 16.8. The van der Waals surface area contributed by atoms with Crippen LogP contribution in [-0.2, 0) is 6.54 Å². The van der Waals surface area contributed by atoms with E-state index >= 15 is 0 Å². The zero-order valence-electron chi connectivity index (χ0n) is 21.1. The molecule has 0 aliphatic heterocycles. The highest BCUT2D eigenvalue weighted by Crippen LogP contribution is 2.28. The average molecular weight is 464 g/mol. The molecule has 0 spiro atoms. The predicted molar refractivity (Wildman–Crippen MR) is 141 cm³/mol. The third kappa shape index (κ3) is 7.68. The Morgan fingerprint density at radius 1 is 0.824 bits per heavy atom. The molecule has 0 unspecified atom stereocenters. The molecule has 0 saturated carbocycles. The fourth-order valence-corrected chi connectivity index (χ4v) is 4.38. The van der Waals surface area contributed by atoms with Gasteiger partial charge in [0.15, 0.2) is 12.1 Å². The first-order valence-electron chi connectivity index (χ1n) is 13.3. The average Bonchev–Trinajstić information content (AvgIpc) is 3.23. The van der Waals surface area contributed by atoms with Crippen molar-refractivity contribution in [3.63, 3.8) is 0 Å². The van der Waals surface area contributed by atoms with Crippen LogP contribution in [0.5, 0.6) is 5.75 Å². The Balaban J connectivity index is 1.74. The number of pyridine rings is 1. The Morgan fingerprint density at radius 3 is 2.26 bits per heavy atom. The Kier molecular flexibility index (Phi) is 11.1. The lowest BCUT2D eigenvalue weighted by atomic mass is 10.1. The van der Waals surface area contributed by atoms with Crippen molar-refractivity contribution in [2.45, 2.75) is 97.4 Å². The summed E-state index contributed by atoms with van der Waals surface area (Å²) in [4.78, 5) is 20.7. The summed E-state index contributed by atoms with van der Waals surface area (Å²) in [5.74, 6) is 1.71. The van der Waals surface area contributed by atoms with E-state index in [1.165, 1.54) is 64.2 Å². The van der Waals surface area contributed by atoms with Crippen molar-refractivity contribution >= 4 is 17.3 Å². The molecule has 0 N–H and O–H groups in total. The Bertz CT molecular complexity index is 1010. The largest absolute Gasteiger partial charge is 0.494 e. The SMILES string of the molecule is CCCCCCCCOc1ccc2nc(-c3cccc(C=O)n3)n(CCCCCCCC)c2c1. The summed E-state index contributed by atoms with van der Waals surface area (Å²) in [6.45, 7) is 6.12. The molecule has 0 aliphatic carbocycles. The second kappa shape index (κ2) is 14.5. The van der Waals surface area contributed by atoms with E-state index in [1.54, 1.807) is 6.07 Å². The van der Waals surface area contributed by atoms with Gasteiger partial charge in [0, 0.05) is 12.6 Å². The van der Waals surface area contributed by atoms with Crippen LogP contribution in [0.3, 0.4) is 0 Å². The summed E-state index contributed by atoms with van der Waals surface area (Å²) >= 11 is 0. The summed E-state index contributed by atoms with van der Waals surface area (Å²) in [5, 5.41) is 0.